The smallest absolute Gasteiger partial charge is 0.194 e. The van der Waals surface area contributed by atoms with Crippen molar-refractivity contribution in [3.8, 4) is 5.75 Å². The van der Waals surface area contributed by atoms with Crippen LogP contribution in [-0.4, -0.2) is 18.1 Å². The number of rotatable bonds is 4. The summed E-state index contributed by atoms with van der Waals surface area (Å²) in [4.78, 5) is 8.42. The Kier molecular flexibility index (Phi) is 4.95. The molecule has 0 saturated carbocycles. The van der Waals surface area contributed by atoms with Gasteiger partial charge in [0.2, 0.25) is 0 Å². The highest BCUT2D eigenvalue weighted by Gasteiger charge is 2.01. The fourth-order valence-electron chi connectivity index (χ4n) is 1.65. The van der Waals surface area contributed by atoms with Gasteiger partial charge in [-0.05, 0) is 18.2 Å². The summed E-state index contributed by atoms with van der Waals surface area (Å²) < 4.78 is 6.19. The molecule has 1 aromatic heterocycles. The first-order valence-electron chi connectivity index (χ1n) is 5.99. The van der Waals surface area contributed by atoms with Crippen molar-refractivity contribution < 1.29 is 4.74 Å². The first-order chi connectivity index (χ1) is 9.69. The number of methoxy groups -OCH3 is 1. The van der Waals surface area contributed by atoms with Gasteiger partial charge in [-0.1, -0.05) is 34.1 Å². The number of benzene rings is 1. The molecular weight excluding hydrogens is 320 g/mol. The highest BCUT2D eigenvalue weighted by molar-refractivity contribution is 9.10. The second kappa shape index (κ2) is 6.91. The Bertz CT molecular complexity index is 616. The lowest BCUT2D eigenvalue weighted by molar-refractivity contribution is 0.410. The molecule has 1 heterocycles. The molecule has 1 aromatic carbocycles. The monoisotopic (exact) mass is 334 g/mol. The fourth-order valence-corrected chi connectivity index (χ4v) is 1.98. The summed E-state index contributed by atoms with van der Waals surface area (Å²) in [5.74, 6) is 1.74. The maximum Gasteiger partial charge on any atom is 0.194 e. The van der Waals surface area contributed by atoms with Crippen molar-refractivity contribution in [3.05, 3.63) is 52.6 Å². The average Bonchev–Trinajstić information content (AvgIpc) is 2.45. The average molecular weight is 335 g/mol. The molecule has 0 aliphatic heterocycles. The second-order valence-electron chi connectivity index (χ2n) is 4.00. The molecule has 0 fully saturated rings. The van der Waals surface area contributed by atoms with Crippen molar-refractivity contribution in [2.24, 2.45) is 10.7 Å². The number of hydrogen-bond donors (Lipinski definition) is 2. The third-order valence-corrected chi connectivity index (χ3v) is 3.08. The van der Waals surface area contributed by atoms with Crippen LogP contribution in [0.3, 0.4) is 0 Å². The van der Waals surface area contributed by atoms with Gasteiger partial charge in [-0.15, -0.1) is 0 Å². The largest absolute Gasteiger partial charge is 0.496 e. The second-order valence-corrected chi connectivity index (χ2v) is 4.91. The molecule has 0 bridgehead atoms. The third kappa shape index (κ3) is 3.96. The summed E-state index contributed by atoms with van der Waals surface area (Å²) in [6.07, 6.45) is 1.68. The molecule has 0 spiro atoms. The Morgan fingerprint density at radius 3 is 2.95 bits per heavy atom. The van der Waals surface area contributed by atoms with Crippen LogP contribution >= 0.6 is 15.9 Å². The molecular formula is C14H15BrN4O. The molecule has 2 aromatic rings. The third-order valence-electron chi connectivity index (χ3n) is 2.59. The van der Waals surface area contributed by atoms with Gasteiger partial charge in [0, 0.05) is 16.2 Å². The van der Waals surface area contributed by atoms with Crippen LogP contribution in [0.2, 0.25) is 0 Å². The highest BCUT2D eigenvalue weighted by Crippen LogP contribution is 2.18. The number of hydrogen-bond acceptors (Lipinski definition) is 3. The van der Waals surface area contributed by atoms with Gasteiger partial charge in [-0.2, -0.15) is 0 Å². The van der Waals surface area contributed by atoms with E-state index in [1.807, 2.05) is 36.4 Å². The standard InChI is InChI=1S/C14H15BrN4O/c1-20-12-5-3-2-4-10(12)9-18-14(16)19-13-8-11(15)6-7-17-13/h2-8H,9H2,1H3,(H3,16,17,18,19). The highest BCUT2D eigenvalue weighted by atomic mass is 79.9. The molecule has 104 valence electrons. The van der Waals surface area contributed by atoms with Crippen molar-refractivity contribution in [2.45, 2.75) is 6.54 Å². The van der Waals surface area contributed by atoms with E-state index in [1.54, 1.807) is 13.3 Å². The lowest BCUT2D eigenvalue weighted by Gasteiger charge is -2.07. The fraction of sp³-hybridized carbons (Fsp3) is 0.143. The van der Waals surface area contributed by atoms with E-state index in [0.717, 1.165) is 15.8 Å². The van der Waals surface area contributed by atoms with Gasteiger partial charge in [-0.3, -0.25) is 0 Å². The molecule has 6 heteroatoms. The van der Waals surface area contributed by atoms with Gasteiger partial charge >= 0.3 is 0 Å². The first-order valence-corrected chi connectivity index (χ1v) is 6.78. The number of aromatic nitrogens is 1. The van der Waals surface area contributed by atoms with Crippen LogP contribution in [0.4, 0.5) is 5.82 Å². The Morgan fingerprint density at radius 2 is 2.20 bits per heavy atom. The Hall–Kier alpha value is -2.08. The zero-order valence-corrected chi connectivity index (χ0v) is 12.6. The molecule has 0 atom stereocenters. The van der Waals surface area contributed by atoms with Crippen LogP contribution in [0.5, 0.6) is 5.75 Å². The van der Waals surface area contributed by atoms with Gasteiger partial charge in [0.1, 0.15) is 11.6 Å². The van der Waals surface area contributed by atoms with Crippen molar-refractivity contribution >= 4 is 27.7 Å². The molecule has 3 N–H and O–H groups in total. The first kappa shape index (κ1) is 14.3. The van der Waals surface area contributed by atoms with Crippen molar-refractivity contribution in [3.63, 3.8) is 0 Å². The minimum Gasteiger partial charge on any atom is -0.496 e. The minimum atomic E-state index is 0.307. The number of nitrogens with zero attached hydrogens (tertiary/aromatic N) is 2. The number of para-hydroxylation sites is 1. The van der Waals surface area contributed by atoms with Crippen LogP contribution in [0.15, 0.2) is 52.1 Å². The topological polar surface area (TPSA) is 72.5 Å². The lowest BCUT2D eigenvalue weighted by atomic mass is 10.2. The van der Waals surface area contributed by atoms with Gasteiger partial charge in [0.15, 0.2) is 5.96 Å². The molecule has 5 nitrogen and oxygen atoms in total. The molecule has 0 saturated heterocycles. The summed E-state index contributed by atoms with van der Waals surface area (Å²) in [5, 5.41) is 2.94. The zero-order valence-electron chi connectivity index (χ0n) is 11.0. The Balaban J connectivity index is 2.04. The quantitative estimate of drug-likeness (QED) is 0.666. The molecule has 0 amide bonds. The minimum absolute atomic E-state index is 0.307. The molecule has 20 heavy (non-hydrogen) atoms. The van der Waals surface area contributed by atoms with Gasteiger partial charge in [0.25, 0.3) is 0 Å². The predicted octanol–water partition coefficient (Wildman–Crippen LogP) is 2.78. The molecule has 0 unspecified atom stereocenters. The number of ether oxygens (including phenoxy) is 1. The van der Waals surface area contributed by atoms with Crippen molar-refractivity contribution in [1.82, 2.24) is 4.98 Å². The van der Waals surface area contributed by atoms with E-state index in [4.69, 9.17) is 10.5 Å². The zero-order chi connectivity index (χ0) is 14.4. The van der Waals surface area contributed by atoms with E-state index in [1.165, 1.54) is 0 Å². The Morgan fingerprint density at radius 1 is 1.40 bits per heavy atom. The summed E-state index contributed by atoms with van der Waals surface area (Å²) in [6, 6.07) is 11.4. The molecule has 0 radical (unpaired) electrons. The summed E-state index contributed by atoms with van der Waals surface area (Å²) in [6.45, 7) is 0.441. The van der Waals surface area contributed by atoms with E-state index >= 15 is 0 Å². The molecule has 0 aliphatic rings. The van der Waals surface area contributed by atoms with E-state index in [-0.39, 0.29) is 0 Å². The maximum atomic E-state index is 5.84. The van der Waals surface area contributed by atoms with Gasteiger partial charge in [0.05, 0.1) is 13.7 Å². The number of nitrogens with two attached hydrogens (primary N) is 1. The van der Waals surface area contributed by atoms with Crippen molar-refractivity contribution in [1.29, 1.82) is 0 Å². The van der Waals surface area contributed by atoms with E-state index in [0.29, 0.717) is 18.3 Å². The maximum absolute atomic E-state index is 5.84. The van der Waals surface area contributed by atoms with E-state index in [2.05, 4.69) is 31.2 Å². The summed E-state index contributed by atoms with van der Waals surface area (Å²) in [7, 11) is 1.63. The van der Waals surface area contributed by atoms with Gasteiger partial charge in [-0.25, -0.2) is 9.98 Å². The van der Waals surface area contributed by atoms with Crippen LogP contribution in [0, 0.1) is 0 Å². The molecule has 2 rings (SSSR count). The van der Waals surface area contributed by atoms with E-state index in [9.17, 15) is 0 Å². The van der Waals surface area contributed by atoms with Gasteiger partial charge < -0.3 is 15.8 Å². The number of pyridine rings is 1. The van der Waals surface area contributed by atoms with Crippen LogP contribution in [-0.2, 0) is 6.54 Å². The Labute approximate surface area is 126 Å². The normalized spacial score (nSPS) is 11.2. The number of aliphatic imine (C=N–C) groups is 1. The predicted molar refractivity (Wildman–Crippen MR) is 83.9 cm³/mol. The summed E-state index contributed by atoms with van der Waals surface area (Å²) >= 11 is 3.37. The summed E-state index contributed by atoms with van der Waals surface area (Å²) in [5.41, 5.74) is 6.81. The number of nitrogens with one attached hydrogen (secondary N) is 1. The number of anilines is 1. The van der Waals surface area contributed by atoms with Crippen molar-refractivity contribution in [2.75, 3.05) is 12.4 Å². The van der Waals surface area contributed by atoms with Crippen LogP contribution in [0.1, 0.15) is 5.56 Å². The van der Waals surface area contributed by atoms with Crippen LogP contribution < -0.4 is 15.8 Å². The molecule has 0 aliphatic carbocycles. The SMILES string of the molecule is COc1ccccc1CN=C(N)Nc1cc(Br)ccn1. The van der Waals surface area contributed by atoms with Crippen LogP contribution in [0.25, 0.3) is 0 Å². The van der Waals surface area contributed by atoms with E-state index < -0.39 is 0 Å². The number of guanidine groups is 1. The lowest BCUT2D eigenvalue weighted by Crippen LogP contribution is -2.23. The number of halogens is 1.